The zero-order valence-electron chi connectivity index (χ0n) is 11.1. The van der Waals surface area contributed by atoms with Crippen LogP contribution in [-0.4, -0.2) is 16.5 Å². The Kier molecular flexibility index (Phi) is 3.86. The molecule has 0 amide bonds. The Labute approximate surface area is 130 Å². The number of anilines is 1. The number of furan rings is 1. The normalized spacial score (nSPS) is 10.9. The van der Waals surface area contributed by atoms with Gasteiger partial charge in [0.2, 0.25) is 5.71 Å². The Morgan fingerprint density at radius 1 is 1.20 bits per heavy atom. The molecule has 0 atom stereocenters. The predicted molar refractivity (Wildman–Crippen MR) is 88.7 cm³/mol. The minimum Gasteiger partial charge on any atom is -0.431 e. The van der Waals surface area contributed by atoms with Gasteiger partial charge in [-0.1, -0.05) is 37.3 Å². The van der Waals surface area contributed by atoms with Gasteiger partial charge in [0.25, 0.3) is 0 Å². The Morgan fingerprint density at radius 3 is 2.75 bits per heavy atom. The summed E-state index contributed by atoms with van der Waals surface area (Å²) >= 11 is 2.21. The van der Waals surface area contributed by atoms with Gasteiger partial charge in [-0.25, -0.2) is 9.97 Å². The minimum atomic E-state index is 0.627. The number of rotatable bonds is 4. The van der Waals surface area contributed by atoms with Gasteiger partial charge in [0, 0.05) is 34.7 Å². The number of hydrogen-bond acceptors (Lipinski definition) is 4. The van der Waals surface area contributed by atoms with Crippen molar-refractivity contribution in [3.8, 4) is 11.1 Å². The van der Waals surface area contributed by atoms with E-state index < -0.39 is 0 Å². The Morgan fingerprint density at radius 2 is 2.00 bits per heavy atom. The molecule has 0 aliphatic heterocycles. The van der Waals surface area contributed by atoms with E-state index in [4.69, 9.17) is 4.42 Å². The van der Waals surface area contributed by atoms with Crippen LogP contribution in [0.25, 0.3) is 22.2 Å². The first kappa shape index (κ1) is 13.4. The standard InChI is InChI=1S/C15H14IN3O/c1-2-8-17-14-12-11(10-6-4-3-5-7-10)13(16)20-15(12)19-9-18-14/h3-7,9H,2,8H2,1H3,(H,17,18,19). The van der Waals surface area contributed by atoms with Crippen LogP contribution in [0, 0.1) is 3.77 Å². The van der Waals surface area contributed by atoms with Gasteiger partial charge in [-0.15, -0.1) is 0 Å². The summed E-state index contributed by atoms with van der Waals surface area (Å²) in [4.78, 5) is 8.59. The van der Waals surface area contributed by atoms with Crippen molar-refractivity contribution in [2.75, 3.05) is 11.9 Å². The quantitative estimate of drug-likeness (QED) is 0.687. The first-order valence-electron chi connectivity index (χ1n) is 6.53. The van der Waals surface area contributed by atoms with E-state index in [9.17, 15) is 0 Å². The van der Waals surface area contributed by atoms with Crippen LogP contribution in [0.1, 0.15) is 13.3 Å². The van der Waals surface area contributed by atoms with E-state index in [-0.39, 0.29) is 0 Å². The van der Waals surface area contributed by atoms with Gasteiger partial charge in [-0.05, 0) is 12.0 Å². The van der Waals surface area contributed by atoms with Crippen molar-refractivity contribution in [3.05, 3.63) is 40.4 Å². The lowest BCUT2D eigenvalue weighted by Gasteiger charge is -2.06. The minimum absolute atomic E-state index is 0.627. The van der Waals surface area contributed by atoms with Crippen molar-refractivity contribution in [3.63, 3.8) is 0 Å². The third-order valence-electron chi connectivity index (χ3n) is 3.05. The molecule has 0 unspecified atom stereocenters. The van der Waals surface area contributed by atoms with Gasteiger partial charge in [0.05, 0.1) is 5.39 Å². The van der Waals surface area contributed by atoms with E-state index in [1.54, 1.807) is 0 Å². The van der Waals surface area contributed by atoms with E-state index in [1.807, 2.05) is 18.2 Å². The number of fused-ring (bicyclic) bond motifs is 1. The molecule has 0 saturated carbocycles. The Balaban J connectivity index is 2.23. The van der Waals surface area contributed by atoms with Gasteiger partial charge in [-0.3, -0.25) is 0 Å². The maximum Gasteiger partial charge on any atom is 0.233 e. The molecule has 0 saturated heterocycles. The molecule has 5 heteroatoms. The molecule has 102 valence electrons. The summed E-state index contributed by atoms with van der Waals surface area (Å²) in [5.74, 6) is 0.836. The highest BCUT2D eigenvalue weighted by Gasteiger charge is 2.18. The molecule has 0 fully saturated rings. The smallest absolute Gasteiger partial charge is 0.233 e. The molecular weight excluding hydrogens is 365 g/mol. The maximum absolute atomic E-state index is 5.77. The van der Waals surface area contributed by atoms with Crippen LogP contribution in [0.2, 0.25) is 0 Å². The highest BCUT2D eigenvalue weighted by atomic mass is 127. The first-order valence-corrected chi connectivity index (χ1v) is 7.61. The summed E-state index contributed by atoms with van der Waals surface area (Å²) in [5, 5.41) is 4.30. The van der Waals surface area contributed by atoms with Crippen molar-refractivity contribution < 1.29 is 4.42 Å². The molecular formula is C15H14IN3O. The summed E-state index contributed by atoms with van der Waals surface area (Å²) < 4.78 is 6.61. The van der Waals surface area contributed by atoms with E-state index >= 15 is 0 Å². The van der Waals surface area contributed by atoms with E-state index in [1.165, 1.54) is 6.33 Å². The van der Waals surface area contributed by atoms with E-state index in [0.717, 1.165) is 39.1 Å². The Hall–Kier alpha value is -1.63. The first-order chi connectivity index (χ1) is 9.81. The molecule has 1 aromatic carbocycles. The van der Waals surface area contributed by atoms with E-state index in [0.29, 0.717) is 5.71 Å². The Bertz CT molecular complexity index is 725. The van der Waals surface area contributed by atoms with Gasteiger partial charge in [0.1, 0.15) is 12.1 Å². The molecule has 0 bridgehead atoms. The highest BCUT2D eigenvalue weighted by Crippen LogP contribution is 2.37. The van der Waals surface area contributed by atoms with Gasteiger partial charge in [-0.2, -0.15) is 0 Å². The molecule has 0 aliphatic carbocycles. The van der Waals surface area contributed by atoms with Crippen LogP contribution in [0.15, 0.2) is 41.1 Å². The number of nitrogens with one attached hydrogen (secondary N) is 1. The average molecular weight is 379 g/mol. The second-order valence-corrected chi connectivity index (χ2v) is 5.43. The highest BCUT2D eigenvalue weighted by molar-refractivity contribution is 14.1. The summed E-state index contributed by atoms with van der Waals surface area (Å²) in [6, 6.07) is 10.2. The molecule has 0 radical (unpaired) electrons. The third-order valence-corrected chi connectivity index (χ3v) is 3.81. The molecule has 0 aliphatic rings. The van der Waals surface area contributed by atoms with Crippen molar-refractivity contribution in [2.24, 2.45) is 0 Å². The molecule has 2 heterocycles. The van der Waals surface area contributed by atoms with Crippen LogP contribution >= 0.6 is 22.6 Å². The predicted octanol–water partition coefficient (Wildman–Crippen LogP) is 4.32. The molecule has 2 aromatic heterocycles. The maximum atomic E-state index is 5.77. The fraction of sp³-hybridized carbons (Fsp3) is 0.200. The molecule has 0 spiro atoms. The van der Waals surface area contributed by atoms with Crippen LogP contribution in [0.3, 0.4) is 0 Å². The van der Waals surface area contributed by atoms with Gasteiger partial charge >= 0.3 is 0 Å². The van der Waals surface area contributed by atoms with Crippen molar-refractivity contribution >= 4 is 39.5 Å². The second-order valence-electron chi connectivity index (χ2n) is 4.45. The van der Waals surface area contributed by atoms with Crippen molar-refractivity contribution in [2.45, 2.75) is 13.3 Å². The lowest BCUT2D eigenvalue weighted by Crippen LogP contribution is -2.02. The van der Waals surface area contributed by atoms with Crippen molar-refractivity contribution in [1.29, 1.82) is 0 Å². The average Bonchev–Trinajstić information content (AvgIpc) is 2.82. The molecule has 3 aromatic rings. The van der Waals surface area contributed by atoms with Crippen LogP contribution in [-0.2, 0) is 0 Å². The molecule has 20 heavy (non-hydrogen) atoms. The van der Waals surface area contributed by atoms with Crippen LogP contribution in [0.4, 0.5) is 5.82 Å². The van der Waals surface area contributed by atoms with E-state index in [2.05, 4.69) is 56.9 Å². The molecule has 1 N–H and O–H groups in total. The van der Waals surface area contributed by atoms with Gasteiger partial charge < -0.3 is 9.73 Å². The number of aromatic nitrogens is 2. The zero-order valence-corrected chi connectivity index (χ0v) is 13.2. The summed E-state index contributed by atoms with van der Waals surface area (Å²) in [6.07, 6.45) is 2.58. The summed E-state index contributed by atoms with van der Waals surface area (Å²) in [7, 11) is 0. The monoisotopic (exact) mass is 379 g/mol. The number of halogens is 1. The summed E-state index contributed by atoms with van der Waals surface area (Å²) in [6.45, 7) is 3.00. The number of hydrogen-bond donors (Lipinski definition) is 1. The number of nitrogens with zero attached hydrogens (tertiary/aromatic N) is 2. The third kappa shape index (κ3) is 2.37. The lowest BCUT2D eigenvalue weighted by molar-refractivity contribution is 0.573. The topological polar surface area (TPSA) is 51.0 Å². The van der Waals surface area contributed by atoms with Crippen LogP contribution < -0.4 is 5.32 Å². The van der Waals surface area contributed by atoms with Gasteiger partial charge in [0.15, 0.2) is 3.77 Å². The van der Waals surface area contributed by atoms with Crippen LogP contribution in [0.5, 0.6) is 0 Å². The SMILES string of the molecule is CCCNc1ncnc2oc(I)c(-c3ccccc3)c12. The summed E-state index contributed by atoms with van der Waals surface area (Å²) in [5.41, 5.74) is 2.80. The second kappa shape index (κ2) is 5.78. The molecule has 4 nitrogen and oxygen atoms in total. The zero-order chi connectivity index (χ0) is 13.9. The fourth-order valence-electron chi connectivity index (χ4n) is 2.15. The lowest BCUT2D eigenvalue weighted by atomic mass is 10.1. The largest absolute Gasteiger partial charge is 0.431 e. The fourth-order valence-corrected chi connectivity index (χ4v) is 2.94. The molecule has 3 rings (SSSR count). The number of benzene rings is 1. The van der Waals surface area contributed by atoms with Crippen molar-refractivity contribution in [1.82, 2.24) is 9.97 Å².